The van der Waals surface area contributed by atoms with Crippen LogP contribution in [-0.4, -0.2) is 0 Å². The number of hydrogen-bond acceptors (Lipinski definition) is 2. The monoisotopic (exact) mass is 402 g/mol. The molecule has 3 aromatic carbocycles. The Bertz CT molecular complexity index is 909. The van der Waals surface area contributed by atoms with Crippen molar-refractivity contribution in [3.8, 4) is 11.5 Å². The second-order valence-corrected chi connectivity index (χ2v) is 8.19. The minimum absolute atomic E-state index is 0.310. The van der Waals surface area contributed by atoms with E-state index in [0.29, 0.717) is 0 Å². The third-order valence-electron chi connectivity index (χ3n) is 6.26. The second kappa shape index (κ2) is 9.38. The zero-order valence-corrected chi connectivity index (χ0v) is 18.9. The van der Waals surface area contributed by atoms with Gasteiger partial charge in [-0.2, -0.15) is 0 Å². The zero-order valence-electron chi connectivity index (χ0n) is 18.9. The van der Waals surface area contributed by atoms with Crippen molar-refractivity contribution in [3.05, 3.63) is 95.6 Å². The molecule has 0 aromatic heterocycles. The first-order valence-corrected chi connectivity index (χ1v) is 11.1. The average molecular weight is 403 g/mol. The molecular weight excluding hydrogens is 368 g/mol. The SMILES string of the molecule is CCC(C)(Oc1ccc(C)cc1)c1ccc(OC(CC)(CC)c2ccccc2)cc1. The van der Waals surface area contributed by atoms with Gasteiger partial charge in [0, 0.05) is 0 Å². The van der Waals surface area contributed by atoms with Crippen LogP contribution in [0.15, 0.2) is 78.9 Å². The van der Waals surface area contributed by atoms with E-state index in [1.165, 1.54) is 11.1 Å². The van der Waals surface area contributed by atoms with Gasteiger partial charge in [0.1, 0.15) is 22.7 Å². The Kier molecular flexibility index (Phi) is 6.87. The summed E-state index contributed by atoms with van der Waals surface area (Å²) in [5, 5.41) is 0. The molecule has 1 atom stereocenters. The highest BCUT2D eigenvalue weighted by Gasteiger charge is 2.31. The van der Waals surface area contributed by atoms with E-state index in [-0.39, 0.29) is 11.2 Å². The maximum atomic E-state index is 6.58. The molecule has 0 radical (unpaired) electrons. The highest BCUT2D eigenvalue weighted by Crippen LogP contribution is 2.36. The lowest BCUT2D eigenvalue weighted by Crippen LogP contribution is -2.32. The Morgan fingerprint density at radius 3 is 1.67 bits per heavy atom. The fourth-order valence-corrected chi connectivity index (χ4v) is 3.91. The maximum Gasteiger partial charge on any atom is 0.133 e. The molecule has 158 valence electrons. The lowest BCUT2D eigenvalue weighted by Gasteiger charge is -2.34. The largest absolute Gasteiger partial charge is 0.483 e. The van der Waals surface area contributed by atoms with Crippen molar-refractivity contribution in [3.63, 3.8) is 0 Å². The van der Waals surface area contributed by atoms with E-state index in [2.05, 4.69) is 95.3 Å². The molecule has 1 unspecified atom stereocenters. The first kappa shape index (κ1) is 22.0. The van der Waals surface area contributed by atoms with Crippen LogP contribution in [0.4, 0.5) is 0 Å². The molecule has 0 saturated carbocycles. The van der Waals surface area contributed by atoms with E-state index in [4.69, 9.17) is 9.47 Å². The lowest BCUT2D eigenvalue weighted by molar-refractivity contribution is 0.0568. The molecular formula is C28H34O2. The van der Waals surface area contributed by atoms with Crippen molar-refractivity contribution in [1.82, 2.24) is 0 Å². The van der Waals surface area contributed by atoms with E-state index in [0.717, 1.165) is 36.3 Å². The van der Waals surface area contributed by atoms with Crippen LogP contribution in [0.25, 0.3) is 0 Å². The van der Waals surface area contributed by atoms with Gasteiger partial charge < -0.3 is 9.47 Å². The zero-order chi connectivity index (χ0) is 21.6. The minimum atomic E-state index is -0.389. The number of ether oxygens (including phenoxy) is 2. The molecule has 0 saturated heterocycles. The lowest BCUT2D eigenvalue weighted by atomic mass is 9.88. The molecule has 0 spiro atoms. The molecule has 30 heavy (non-hydrogen) atoms. The van der Waals surface area contributed by atoms with E-state index in [1.807, 2.05) is 18.2 Å². The quantitative estimate of drug-likeness (QED) is 0.363. The molecule has 3 rings (SSSR count). The van der Waals surface area contributed by atoms with Gasteiger partial charge >= 0.3 is 0 Å². The minimum Gasteiger partial charge on any atom is -0.483 e. The number of aryl methyl sites for hydroxylation is 1. The van der Waals surface area contributed by atoms with Gasteiger partial charge in [-0.15, -0.1) is 0 Å². The van der Waals surface area contributed by atoms with Gasteiger partial charge in [-0.3, -0.25) is 0 Å². The van der Waals surface area contributed by atoms with Gasteiger partial charge in [-0.25, -0.2) is 0 Å². The molecule has 0 heterocycles. The van der Waals surface area contributed by atoms with Crippen LogP contribution in [0.2, 0.25) is 0 Å². The van der Waals surface area contributed by atoms with Gasteiger partial charge in [-0.05, 0) is 68.5 Å². The number of benzene rings is 3. The van der Waals surface area contributed by atoms with Crippen molar-refractivity contribution in [2.75, 3.05) is 0 Å². The van der Waals surface area contributed by atoms with Crippen LogP contribution in [0.1, 0.15) is 63.6 Å². The summed E-state index contributed by atoms with van der Waals surface area (Å²) in [6.45, 7) is 10.8. The van der Waals surface area contributed by atoms with Crippen LogP contribution in [0, 0.1) is 6.92 Å². The third-order valence-corrected chi connectivity index (χ3v) is 6.26. The molecule has 2 nitrogen and oxygen atoms in total. The second-order valence-electron chi connectivity index (χ2n) is 8.19. The van der Waals surface area contributed by atoms with Crippen molar-refractivity contribution in [2.24, 2.45) is 0 Å². The number of rotatable bonds is 9. The van der Waals surface area contributed by atoms with E-state index >= 15 is 0 Å². The summed E-state index contributed by atoms with van der Waals surface area (Å²) in [4.78, 5) is 0. The van der Waals surface area contributed by atoms with Crippen molar-refractivity contribution in [2.45, 2.75) is 65.1 Å². The standard InChI is InChI=1S/C28H34O2/c1-6-27(5,29-25-18-14-22(4)15-19-25)23-16-20-26(21-17-23)30-28(7-2,8-3)24-12-10-9-11-13-24/h9-21H,6-8H2,1-5H3. The smallest absolute Gasteiger partial charge is 0.133 e. The van der Waals surface area contributed by atoms with Crippen molar-refractivity contribution in [1.29, 1.82) is 0 Å². The summed E-state index contributed by atoms with van der Waals surface area (Å²) in [5.41, 5.74) is 2.90. The summed E-state index contributed by atoms with van der Waals surface area (Å²) in [6, 6.07) is 27.2. The summed E-state index contributed by atoms with van der Waals surface area (Å²) < 4.78 is 13.0. The summed E-state index contributed by atoms with van der Waals surface area (Å²) in [6.07, 6.45) is 2.70. The van der Waals surface area contributed by atoms with Crippen molar-refractivity contribution >= 4 is 0 Å². The Balaban J connectivity index is 1.82. The van der Waals surface area contributed by atoms with Crippen LogP contribution < -0.4 is 9.47 Å². The number of hydrogen-bond donors (Lipinski definition) is 0. The molecule has 0 N–H and O–H groups in total. The Hall–Kier alpha value is -2.74. The van der Waals surface area contributed by atoms with Crippen LogP contribution in [-0.2, 0) is 11.2 Å². The van der Waals surface area contributed by atoms with E-state index in [1.54, 1.807) is 0 Å². The predicted molar refractivity (Wildman–Crippen MR) is 125 cm³/mol. The van der Waals surface area contributed by atoms with Crippen LogP contribution in [0.3, 0.4) is 0 Å². The average Bonchev–Trinajstić information content (AvgIpc) is 2.80. The van der Waals surface area contributed by atoms with Gasteiger partial charge in [0.05, 0.1) is 0 Å². The molecule has 2 heteroatoms. The first-order chi connectivity index (χ1) is 14.4. The fourth-order valence-electron chi connectivity index (χ4n) is 3.91. The molecule has 0 aliphatic heterocycles. The molecule has 0 bridgehead atoms. The highest BCUT2D eigenvalue weighted by molar-refractivity contribution is 5.35. The molecule has 0 aliphatic carbocycles. The Morgan fingerprint density at radius 2 is 1.13 bits per heavy atom. The van der Waals surface area contributed by atoms with Gasteiger partial charge in [0.2, 0.25) is 0 Å². The van der Waals surface area contributed by atoms with E-state index in [9.17, 15) is 0 Å². The van der Waals surface area contributed by atoms with Crippen LogP contribution >= 0.6 is 0 Å². The molecule has 0 fully saturated rings. The predicted octanol–water partition coefficient (Wildman–Crippen LogP) is 7.79. The van der Waals surface area contributed by atoms with Gasteiger partial charge in [0.15, 0.2) is 0 Å². The summed E-state index contributed by atoms with van der Waals surface area (Å²) in [7, 11) is 0. The van der Waals surface area contributed by atoms with E-state index < -0.39 is 0 Å². The summed E-state index contributed by atoms with van der Waals surface area (Å²) >= 11 is 0. The highest BCUT2D eigenvalue weighted by atomic mass is 16.5. The molecule has 3 aromatic rings. The Morgan fingerprint density at radius 1 is 0.600 bits per heavy atom. The van der Waals surface area contributed by atoms with Gasteiger partial charge in [-0.1, -0.05) is 80.9 Å². The third kappa shape index (κ3) is 4.70. The molecule has 0 amide bonds. The maximum absolute atomic E-state index is 6.58. The van der Waals surface area contributed by atoms with Crippen molar-refractivity contribution < 1.29 is 9.47 Å². The Labute approximate surface area is 181 Å². The van der Waals surface area contributed by atoms with Gasteiger partial charge in [0.25, 0.3) is 0 Å². The topological polar surface area (TPSA) is 18.5 Å². The summed E-state index contributed by atoms with van der Waals surface area (Å²) in [5.74, 6) is 1.78. The fraction of sp³-hybridized carbons (Fsp3) is 0.357. The normalized spacial score (nSPS) is 13.5. The first-order valence-electron chi connectivity index (χ1n) is 11.1. The van der Waals surface area contributed by atoms with Crippen LogP contribution in [0.5, 0.6) is 11.5 Å². The molecule has 0 aliphatic rings.